The summed E-state index contributed by atoms with van der Waals surface area (Å²) in [7, 11) is -2.51. The van der Waals surface area contributed by atoms with Gasteiger partial charge in [-0.1, -0.05) is 0 Å². The Balaban J connectivity index is 2.82. The monoisotopic (exact) mass is 176 g/mol. The quantitative estimate of drug-likeness (QED) is 0.645. The van der Waals surface area contributed by atoms with Crippen LogP contribution in [0, 0.1) is 4.78 Å². The highest BCUT2D eigenvalue weighted by atomic mass is 32.2. The molecule has 66 valence electrons. The van der Waals surface area contributed by atoms with E-state index in [1.54, 1.807) is 4.31 Å². The van der Waals surface area contributed by atoms with Crippen LogP contribution in [0.4, 0.5) is 0 Å². The highest BCUT2D eigenvalue weighted by molar-refractivity contribution is 7.91. The van der Waals surface area contributed by atoms with E-state index in [-0.39, 0.29) is 0 Å². The van der Waals surface area contributed by atoms with Crippen molar-refractivity contribution in [2.24, 2.45) is 0 Å². The lowest BCUT2D eigenvalue weighted by Gasteiger charge is -2.38. The third-order valence-corrected chi connectivity index (χ3v) is 4.76. The summed E-state index contributed by atoms with van der Waals surface area (Å²) in [6, 6.07) is 0. The summed E-state index contributed by atoms with van der Waals surface area (Å²) in [5.41, 5.74) is 0. The zero-order valence-electron chi connectivity index (χ0n) is 7.39. The molecular formula is C7H16N2OS. The van der Waals surface area contributed by atoms with Crippen LogP contribution >= 0.6 is 0 Å². The van der Waals surface area contributed by atoms with Crippen LogP contribution < -0.4 is 0 Å². The van der Waals surface area contributed by atoms with Gasteiger partial charge < -0.3 is 0 Å². The molecule has 0 aromatic heterocycles. The first-order valence-corrected chi connectivity index (χ1v) is 5.40. The third kappa shape index (κ3) is 1.42. The fourth-order valence-corrected chi connectivity index (χ4v) is 2.48. The molecule has 0 aromatic rings. The van der Waals surface area contributed by atoms with Crippen LogP contribution in [-0.4, -0.2) is 26.4 Å². The van der Waals surface area contributed by atoms with E-state index in [9.17, 15) is 4.21 Å². The highest BCUT2D eigenvalue weighted by Gasteiger charge is 2.34. The Bertz CT molecular complexity index is 234. The van der Waals surface area contributed by atoms with Crippen molar-refractivity contribution in [3.8, 4) is 0 Å². The summed E-state index contributed by atoms with van der Waals surface area (Å²) in [6.07, 6.45) is 1.09. The molecular weight excluding hydrogens is 160 g/mol. The van der Waals surface area contributed by atoms with Crippen LogP contribution in [-0.2, 0) is 9.92 Å². The summed E-state index contributed by atoms with van der Waals surface area (Å²) in [6.45, 7) is 7.25. The minimum absolute atomic E-state index is 0.409. The van der Waals surface area contributed by atoms with Gasteiger partial charge >= 0.3 is 0 Å². The van der Waals surface area contributed by atoms with Crippen molar-refractivity contribution in [3.05, 3.63) is 0 Å². The van der Waals surface area contributed by atoms with E-state index in [4.69, 9.17) is 4.78 Å². The van der Waals surface area contributed by atoms with E-state index >= 15 is 0 Å². The van der Waals surface area contributed by atoms with Crippen molar-refractivity contribution < 1.29 is 4.21 Å². The maximum atomic E-state index is 11.8. The van der Waals surface area contributed by atoms with E-state index in [1.807, 2.05) is 20.8 Å². The van der Waals surface area contributed by atoms with Crippen molar-refractivity contribution in [2.75, 3.05) is 13.1 Å². The first-order valence-electron chi connectivity index (χ1n) is 3.89. The van der Waals surface area contributed by atoms with Gasteiger partial charge in [-0.05, 0) is 27.2 Å². The normalized spacial score (nSPS) is 25.7. The van der Waals surface area contributed by atoms with Crippen LogP contribution in [0.15, 0.2) is 0 Å². The topological polar surface area (TPSA) is 44.2 Å². The molecule has 0 saturated carbocycles. The molecule has 0 radical (unpaired) electrons. The Morgan fingerprint density at radius 3 is 1.91 bits per heavy atom. The standard InChI is InChI=1S/C7H16N2OS/c1-7(2,3)11(8,10)9-5-4-6-9/h8H,4-6H2,1-3H3. The molecule has 1 unspecified atom stereocenters. The lowest BCUT2D eigenvalue weighted by Crippen LogP contribution is -2.48. The van der Waals surface area contributed by atoms with Crippen LogP contribution in [0.5, 0.6) is 0 Å². The number of nitrogens with one attached hydrogen (secondary N) is 1. The van der Waals surface area contributed by atoms with Gasteiger partial charge in [0.25, 0.3) is 0 Å². The molecule has 1 heterocycles. The largest absolute Gasteiger partial charge is 0.240 e. The van der Waals surface area contributed by atoms with E-state index in [2.05, 4.69) is 0 Å². The molecule has 3 nitrogen and oxygen atoms in total. The fourth-order valence-electron chi connectivity index (χ4n) is 0.932. The number of hydrogen-bond acceptors (Lipinski definition) is 2. The average molecular weight is 176 g/mol. The van der Waals surface area contributed by atoms with Crippen molar-refractivity contribution in [2.45, 2.75) is 31.9 Å². The molecule has 0 aliphatic carbocycles. The van der Waals surface area contributed by atoms with E-state index < -0.39 is 14.7 Å². The number of nitrogens with zero attached hydrogens (tertiary/aromatic N) is 1. The second kappa shape index (κ2) is 2.45. The van der Waals surface area contributed by atoms with Gasteiger partial charge in [0.15, 0.2) is 0 Å². The van der Waals surface area contributed by atoms with Crippen LogP contribution in [0.3, 0.4) is 0 Å². The molecule has 1 aliphatic rings. The van der Waals surface area contributed by atoms with Crippen molar-refractivity contribution >= 4 is 9.92 Å². The Hall–Kier alpha value is -0.0900. The van der Waals surface area contributed by atoms with Crippen molar-refractivity contribution in [3.63, 3.8) is 0 Å². The molecule has 1 saturated heterocycles. The molecule has 0 bridgehead atoms. The van der Waals surface area contributed by atoms with Crippen LogP contribution in [0.25, 0.3) is 0 Å². The lowest BCUT2D eigenvalue weighted by molar-refractivity contribution is 0.315. The van der Waals surface area contributed by atoms with Gasteiger partial charge in [-0.3, -0.25) is 0 Å². The maximum Gasteiger partial charge on any atom is 0.112 e. The van der Waals surface area contributed by atoms with Crippen LogP contribution in [0.1, 0.15) is 27.2 Å². The minimum Gasteiger partial charge on any atom is -0.240 e. The van der Waals surface area contributed by atoms with Gasteiger partial charge in [0.2, 0.25) is 0 Å². The maximum absolute atomic E-state index is 11.8. The summed E-state index contributed by atoms with van der Waals surface area (Å²) in [4.78, 5) is 0. The second-order valence-corrected chi connectivity index (χ2v) is 6.71. The molecule has 1 fully saturated rings. The molecule has 1 atom stereocenters. The van der Waals surface area contributed by atoms with Gasteiger partial charge in [-0.15, -0.1) is 0 Å². The predicted octanol–water partition coefficient (Wildman–Crippen LogP) is 1.45. The Labute approximate surface area is 68.9 Å². The zero-order chi connectivity index (χ0) is 8.70. The molecule has 11 heavy (non-hydrogen) atoms. The van der Waals surface area contributed by atoms with E-state index in [0.717, 1.165) is 19.5 Å². The summed E-state index contributed by atoms with van der Waals surface area (Å²) < 4.78 is 20.8. The van der Waals surface area contributed by atoms with E-state index in [0.29, 0.717) is 0 Å². The van der Waals surface area contributed by atoms with E-state index in [1.165, 1.54) is 0 Å². The lowest BCUT2D eigenvalue weighted by atomic mass is 10.3. The van der Waals surface area contributed by atoms with Gasteiger partial charge in [-0.2, -0.15) is 0 Å². The third-order valence-electron chi connectivity index (χ3n) is 2.01. The molecule has 1 N–H and O–H groups in total. The van der Waals surface area contributed by atoms with Gasteiger partial charge in [0.05, 0.1) is 4.75 Å². The fraction of sp³-hybridized carbons (Fsp3) is 1.00. The Morgan fingerprint density at radius 2 is 1.82 bits per heavy atom. The zero-order valence-corrected chi connectivity index (χ0v) is 8.20. The SMILES string of the molecule is CC(C)(C)S(=N)(=O)N1CCC1. The van der Waals surface area contributed by atoms with Gasteiger partial charge in [0, 0.05) is 13.1 Å². The van der Waals surface area contributed by atoms with Crippen molar-refractivity contribution in [1.29, 1.82) is 4.78 Å². The number of rotatable bonds is 1. The smallest absolute Gasteiger partial charge is 0.112 e. The second-order valence-electron chi connectivity index (χ2n) is 3.92. The summed E-state index contributed by atoms with van der Waals surface area (Å²) >= 11 is 0. The molecule has 0 amide bonds. The molecule has 4 heteroatoms. The molecule has 1 rings (SSSR count). The van der Waals surface area contributed by atoms with Crippen molar-refractivity contribution in [1.82, 2.24) is 4.31 Å². The van der Waals surface area contributed by atoms with Crippen LogP contribution in [0.2, 0.25) is 0 Å². The highest BCUT2D eigenvalue weighted by Crippen LogP contribution is 2.24. The molecule has 0 spiro atoms. The predicted molar refractivity (Wildman–Crippen MR) is 46.8 cm³/mol. The Kier molecular flexibility index (Phi) is 2.01. The first kappa shape index (κ1) is 9.00. The Morgan fingerprint density at radius 1 is 1.36 bits per heavy atom. The number of hydrogen-bond donors (Lipinski definition) is 1. The van der Waals surface area contributed by atoms with Gasteiger partial charge in [0.1, 0.15) is 9.92 Å². The first-order chi connectivity index (χ1) is 4.86. The minimum atomic E-state index is -2.51. The summed E-state index contributed by atoms with van der Waals surface area (Å²) in [5, 5.41) is 0. The summed E-state index contributed by atoms with van der Waals surface area (Å²) in [5.74, 6) is 0. The molecule has 0 aromatic carbocycles. The average Bonchev–Trinajstić information content (AvgIpc) is 1.53. The molecule has 1 aliphatic heterocycles. The van der Waals surface area contributed by atoms with Gasteiger partial charge in [-0.25, -0.2) is 13.3 Å².